The standard InChI is InChI=1S/C30H41N3O4/c1-21(2)37-29(35)25-19-33(20-30(4,5)26-22(3)18-31(6)27(25)26)28(34)23-10-12-24(13-11-23)36-17-16-32-14-8-7-9-15-32/h10-13,18-19,21H,7-9,14-17,20H2,1-6H3. The number of ether oxygens (including phenoxy) is 2. The molecule has 7 nitrogen and oxygen atoms in total. The summed E-state index contributed by atoms with van der Waals surface area (Å²) in [6, 6.07) is 7.30. The molecule has 0 bridgehead atoms. The number of carbonyl (C=O) groups is 2. The van der Waals surface area contributed by atoms with Crippen LogP contribution < -0.4 is 4.74 Å². The first-order valence-electron chi connectivity index (χ1n) is 13.4. The van der Waals surface area contributed by atoms with Crippen LogP contribution in [0.4, 0.5) is 0 Å². The van der Waals surface area contributed by atoms with Crippen LogP contribution in [-0.4, -0.2) is 65.1 Å². The maximum atomic E-state index is 13.7. The van der Waals surface area contributed by atoms with E-state index in [1.165, 1.54) is 19.3 Å². The van der Waals surface area contributed by atoms with Crippen molar-refractivity contribution in [1.82, 2.24) is 14.4 Å². The number of hydrogen-bond acceptors (Lipinski definition) is 5. The van der Waals surface area contributed by atoms with Crippen molar-refractivity contribution in [2.24, 2.45) is 7.05 Å². The van der Waals surface area contributed by atoms with E-state index >= 15 is 0 Å². The highest BCUT2D eigenvalue weighted by Crippen LogP contribution is 2.39. The molecule has 200 valence electrons. The van der Waals surface area contributed by atoms with E-state index in [0.717, 1.165) is 42.2 Å². The number of amides is 1. The predicted octanol–water partition coefficient (Wildman–Crippen LogP) is 4.92. The highest BCUT2D eigenvalue weighted by Gasteiger charge is 2.38. The van der Waals surface area contributed by atoms with Crippen LogP contribution in [0.5, 0.6) is 5.75 Å². The summed E-state index contributed by atoms with van der Waals surface area (Å²) in [6.45, 7) is 14.2. The minimum Gasteiger partial charge on any atom is -0.492 e. The van der Waals surface area contributed by atoms with Gasteiger partial charge in [-0.3, -0.25) is 9.69 Å². The van der Waals surface area contributed by atoms with Crippen molar-refractivity contribution in [2.45, 2.75) is 65.4 Å². The smallest absolute Gasteiger partial charge is 0.342 e. The Morgan fingerprint density at radius 2 is 1.73 bits per heavy atom. The highest BCUT2D eigenvalue weighted by atomic mass is 16.5. The number of benzene rings is 1. The van der Waals surface area contributed by atoms with Gasteiger partial charge in [0.05, 0.1) is 17.4 Å². The molecule has 1 amide bonds. The summed E-state index contributed by atoms with van der Waals surface area (Å²) >= 11 is 0. The Bertz CT molecular complexity index is 1150. The fourth-order valence-corrected chi connectivity index (χ4v) is 5.62. The Hall–Kier alpha value is -3.06. The summed E-state index contributed by atoms with van der Waals surface area (Å²) in [5.74, 6) is 0.170. The van der Waals surface area contributed by atoms with Gasteiger partial charge in [-0.1, -0.05) is 20.3 Å². The number of carbonyl (C=O) groups excluding carboxylic acids is 2. The SMILES string of the molecule is Cc1cn(C)c2c1C(C)(C)CN(C(=O)c1ccc(OCCN3CCCCC3)cc1)C=C2C(=O)OC(C)C. The number of rotatable bonds is 7. The van der Waals surface area contributed by atoms with Gasteiger partial charge in [0.15, 0.2) is 0 Å². The van der Waals surface area contributed by atoms with Crippen LogP contribution in [0.25, 0.3) is 5.57 Å². The first kappa shape index (κ1) is 27.0. The predicted molar refractivity (Wildman–Crippen MR) is 146 cm³/mol. The van der Waals surface area contributed by atoms with Gasteiger partial charge in [-0.2, -0.15) is 0 Å². The van der Waals surface area contributed by atoms with Gasteiger partial charge < -0.3 is 18.9 Å². The molecule has 1 fully saturated rings. The van der Waals surface area contributed by atoms with Gasteiger partial charge in [0.25, 0.3) is 5.91 Å². The summed E-state index contributed by atoms with van der Waals surface area (Å²) in [5, 5.41) is 0. The van der Waals surface area contributed by atoms with Gasteiger partial charge in [-0.15, -0.1) is 0 Å². The second-order valence-corrected chi connectivity index (χ2v) is 11.2. The van der Waals surface area contributed by atoms with Crippen LogP contribution in [0.3, 0.4) is 0 Å². The molecule has 0 spiro atoms. The third kappa shape index (κ3) is 6.09. The van der Waals surface area contributed by atoms with Crippen LogP contribution in [-0.2, 0) is 22.0 Å². The van der Waals surface area contributed by atoms with E-state index in [9.17, 15) is 9.59 Å². The molecular weight excluding hydrogens is 466 g/mol. The molecule has 0 radical (unpaired) electrons. The topological polar surface area (TPSA) is 64.0 Å². The molecule has 0 unspecified atom stereocenters. The molecule has 1 saturated heterocycles. The summed E-state index contributed by atoms with van der Waals surface area (Å²) < 4.78 is 13.5. The number of nitrogens with zero attached hydrogens (tertiary/aromatic N) is 3. The van der Waals surface area contributed by atoms with Crippen molar-refractivity contribution in [3.8, 4) is 5.75 Å². The molecule has 1 aromatic carbocycles. The fraction of sp³-hybridized carbons (Fsp3) is 0.533. The van der Waals surface area contributed by atoms with Crippen molar-refractivity contribution in [3.63, 3.8) is 0 Å². The first-order valence-corrected chi connectivity index (χ1v) is 13.4. The van der Waals surface area contributed by atoms with Crippen molar-refractivity contribution < 1.29 is 19.1 Å². The zero-order chi connectivity index (χ0) is 26.7. The van der Waals surface area contributed by atoms with Crippen LogP contribution in [0.1, 0.15) is 74.1 Å². The number of aryl methyl sites for hydroxylation is 2. The fourth-order valence-electron chi connectivity index (χ4n) is 5.62. The largest absolute Gasteiger partial charge is 0.492 e. The van der Waals surface area contributed by atoms with E-state index in [1.54, 1.807) is 23.2 Å². The van der Waals surface area contributed by atoms with Crippen molar-refractivity contribution in [2.75, 3.05) is 32.8 Å². The molecule has 0 aliphatic carbocycles. The lowest BCUT2D eigenvalue weighted by Gasteiger charge is -2.30. The molecule has 0 N–H and O–H groups in total. The Labute approximate surface area is 221 Å². The van der Waals surface area contributed by atoms with Gasteiger partial charge in [0.1, 0.15) is 12.4 Å². The lowest BCUT2D eigenvalue weighted by molar-refractivity contribution is -0.140. The van der Waals surface area contributed by atoms with Gasteiger partial charge >= 0.3 is 5.97 Å². The van der Waals surface area contributed by atoms with Crippen LogP contribution in [0, 0.1) is 6.92 Å². The lowest BCUT2D eigenvalue weighted by atomic mass is 9.81. The number of esters is 1. The van der Waals surface area contributed by atoms with E-state index in [0.29, 0.717) is 24.3 Å². The number of hydrogen-bond donors (Lipinski definition) is 0. The van der Waals surface area contributed by atoms with E-state index in [-0.39, 0.29) is 17.4 Å². The van der Waals surface area contributed by atoms with Crippen molar-refractivity contribution in [3.05, 3.63) is 59.0 Å². The first-order chi connectivity index (χ1) is 17.6. The molecule has 2 aromatic rings. The van der Waals surface area contributed by atoms with Crippen molar-refractivity contribution >= 4 is 17.4 Å². The van der Waals surface area contributed by atoms with Crippen LogP contribution in [0.15, 0.2) is 36.7 Å². The Morgan fingerprint density at radius 1 is 1.05 bits per heavy atom. The summed E-state index contributed by atoms with van der Waals surface area (Å²) in [5.41, 5.74) is 3.54. The number of fused-ring (bicyclic) bond motifs is 1. The average molecular weight is 508 g/mol. The molecule has 4 rings (SSSR count). The van der Waals surface area contributed by atoms with Crippen molar-refractivity contribution in [1.29, 1.82) is 0 Å². The third-order valence-corrected chi connectivity index (χ3v) is 7.20. The summed E-state index contributed by atoms with van der Waals surface area (Å²) in [6.07, 6.45) is 7.29. The minimum absolute atomic E-state index is 0.159. The molecule has 7 heteroatoms. The van der Waals surface area contributed by atoms with Gasteiger partial charge in [-0.05, 0) is 82.1 Å². The monoisotopic (exact) mass is 507 g/mol. The second-order valence-electron chi connectivity index (χ2n) is 11.2. The van der Waals surface area contributed by atoms with E-state index in [1.807, 2.05) is 50.7 Å². The minimum atomic E-state index is -0.426. The Morgan fingerprint density at radius 3 is 2.38 bits per heavy atom. The maximum Gasteiger partial charge on any atom is 0.342 e. The van der Waals surface area contributed by atoms with E-state index < -0.39 is 5.97 Å². The van der Waals surface area contributed by atoms with Crippen LogP contribution >= 0.6 is 0 Å². The van der Waals surface area contributed by atoms with Gasteiger partial charge in [-0.25, -0.2) is 4.79 Å². The number of likely N-dealkylation sites (tertiary alicyclic amines) is 1. The Kier molecular flexibility index (Phi) is 8.12. The molecule has 3 heterocycles. The molecule has 0 atom stereocenters. The number of aromatic nitrogens is 1. The summed E-state index contributed by atoms with van der Waals surface area (Å²) in [7, 11) is 1.93. The van der Waals surface area contributed by atoms with Gasteiger partial charge in [0, 0.05) is 43.5 Å². The molecule has 2 aliphatic rings. The lowest BCUT2D eigenvalue weighted by Crippen LogP contribution is -2.37. The second kappa shape index (κ2) is 11.1. The molecule has 0 saturated carbocycles. The van der Waals surface area contributed by atoms with E-state index in [2.05, 4.69) is 18.7 Å². The zero-order valence-corrected chi connectivity index (χ0v) is 23.2. The quantitative estimate of drug-likeness (QED) is 0.498. The zero-order valence-electron chi connectivity index (χ0n) is 23.2. The molecular formula is C30H41N3O4. The number of piperidine rings is 1. The van der Waals surface area contributed by atoms with Gasteiger partial charge in [0.2, 0.25) is 0 Å². The highest BCUT2D eigenvalue weighted by molar-refractivity contribution is 6.17. The van der Waals surface area contributed by atoms with E-state index in [4.69, 9.17) is 9.47 Å². The maximum absolute atomic E-state index is 13.7. The average Bonchev–Trinajstić information content (AvgIpc) is 3.08. The normalized spacial score (nSPS) is 17.7. The summed E-state index contributed by atoms with van der Waals surface area (Å²) in [4.78, 5) is 31.0. The Balaban J connectivity index is 1.55. The van der Waals surface area contributed by atoms with Crippen LogP contribution in [0.2, 0.25) is 0 Å². The third-order valence-electron chi connectivity index (χ3n) is 7.20. The molecule has 1 aromatic heterocycles. The molecule has 2 aliphatic heterocycles. The molecule has 37 heavy (non-hydrogen) atoms.